The maximum atomic E-state index is 12.6. The third kappa shape index (κ3) is 15.3. The van der Waals surface area contributed by atoms with E-state index in [1.54, 1.807) is 21.8 Å². The van der Waals surface area contributed by atoms with Crippen LogP contribution in [0, 0.1) is 20.8 Å². The summed E-state index contributed by atoms with van der Waals surface area (Å²) in [5.74, 6) is 7.16. The molecule has 0 aromatic heterocycles. The Morgan fingerprint density at radius 3 is 1.95 bits per heavy atom. The molecule has 0 saturated carbocycles. The minimum absolute atomic E-state index is 0.106. The quantitative estimate of drug-likeness (QED) is 0.0906. The lowest BCUT2D eigenvalue weighted by molar-refractivity contribution is -0.134. The van der Waals surface area contributed by atoms with Crippen LogP contribution in [0.2, 0.25) is 0 Å². The van der Waals surface area contributed by atoms with Gasteiger partial charge in [-0.2, -0.15) is 0 Å². The number of urea groups is 1. The number of piperazine rings is 1. The Morgan fingerprint density at radius 2 is 1.47 bits per heavy atom. The summed E-state index contributed by atoms with van der Waals surface area (Å²) in [4.78, 5) is 54.9. The highest BCUT2D eigenvalue weighted by Crippen LogP contribution is 2.24. The number of likely N-dealkylation sites (tertiary alicyclic amines) is 1. The number of nitrogens with one attached hydrogen (secondary N) is 1. The number of benzene rings is 2. The van der Waals surface area contributed by atoms with Crippen LogP contribution >= 0.6 is 0 Å². The lowest BCUT2D eigenvalue weighted by atomic mass is 10.0. The van der Waals surface area contributed by atoms with Gasteiger partial charge in [-0.3, -0.25) is 24.3 Å². The highest BCUT2D eigenvalue weighted by atomic mass is 16.5. The fraction of sp³-hybridized carbons (Fsp3) is 0.610. The number of esters is 1. The molecule has 0 bridgehead atoms. The van der Waals surface area contributed by atoms with Crippen LogP contribution in [0.4, 0.5) is 10.5 Å². The summed E-state index contributed by atoms with van der Waals surface area (Å²) in [5, 5.41) is 4.06. The monoisotopic (exact) mass is 770 g/mol. The van der Waals surface area contributed by atoms with Crippen molar-refractivity contribution in [2.75, 3.05) is 85.0 Å². The van der Waals surface area contributed by atoms with E-state index in [1.807, 2.05) is 85.0 Å². The first-order valence-corrected chi connectivity index (χ1v) is 19.6. The van der Waals surface area contributed by atoms with E-state index in [4.69, 9.17) is 20.1 Å². The van der Waals surface area contributed by atoms with Crippen LogP contribution in [-0.2, 0) is 19.1 Å². The van der Waals surface area contributed by atoms with E-state index in [0.717, 1.165) is 86.0 Å². The molecule has 55 heavy (non-hydrogen) atoms. The molecule has 3 fully saturated rings. The van der Waals surface area contributed by atoms with Crippen molar-refractivity contribution in [1.82, 2.24) is 24.6 Å². The number of nitrogens with two attached hydrogens (primary N) is 1. The average Bonchev–Trinajstić information content (AvgIpc) is 3.21. The minimum Gasteiger partial charge on any atom is -0.497 e. The highest BCUT2D eigenvalue weighted by Gasteiger charge is 2.31. The number of carbonyl (C=O) groups excluding carboxylic acids is 4. The number of hydrogen-bond donors (Lipinski definition) is 2. The van der Waals surface area contributed by atoms with Crippen LogP contribution in [0.3, 0.4) is 0 Å². The Hall–Kier alpha value is -4.40. The molecule has 308 valence electrons. The number of methoxy groups -OCH3 is 1. The van der Waals surface area contributed by atoms with Crippen molar-refractivity contribution in [3.63, 3.8) is 0 Å². The van der Waals surface area contributed by atoms with Crippen LogP contribution in [0.1, 0.15) is 70.1 Å². The van der Waals surface area contributed by atoms with Crippen LogP contribution < -0.4 is 20.6 Å². The molecule has 0 atom stereocenters. The van der Waals surface area contributed by atoms with Crippen molar-refractivity contribution in [3.05, 3.63) is 53.1 Å². The maximum Gasteiger partial charge on any atom is 0.334 e. The minimum atomic E-state index is -0.322. The summed E-state index contributed by atoms with van der Waals surface area (Å²) in [6, 6.07) is 12.2. The van der Waals surface area contributed by atoms with Gasteiger partial charge in [0.1, 0.15) is 18.0 Å². The highest BCUT2D eigenvalue weighted by molar-refractivity contribution is 5.84. The standard InChI is InChI=1S/C20H36N6O4.C11H14O2.C8H11NO.C2H6/c1-2-22(16-27)17-3-7-25(8-4-17)20(29)26(21)15-19(28)24-11-9-23(10-12-24)18-5-13-30-14-6-18;1-7-5-8(2)11(9(3)6-7)13-10(4)12;1-9-7-3-5-8(10-2)6-4-7;1-2/h16-18H,2-15,21H2,1H3;5-6H,1-4H3;3-6,9H,1-2H3;1-2H3. The van der Waals surface area contributed by atoms with Gasteiger partial charge in [-0.25, -0.2) is 10.6 Å². The molecule has 4 amide bonds. The molecular formula is C41H67N7O7. The van der Waals surface area contributed by atoms with E-state index in [9.17, 15) is 19.2 Å². The second-order valence-corrected chi connectivity index (χ2v) is 13.6. The Labute approximate surface area is 329 Å². The molecule has 3 saturated heterocycles. The first kappa shape index (κ1) is 46.8. The maximum absolute atomic E-state index is 12.6. The second kappa shape index (κ2) is 24.9. The number of anilines is 1. The molecule has 0 spiro atoms. The Kier molecular flexibility index (Phi) is 21.2. The van der Waals surface area contributed by atoms with Gasteiger partial charge in [0.05, 0.1) is 7.11 Å². The van der Waals surface area contributed by atoms with Crippen molar-refractivity contribution in [2.24, 2.45) is 5.84 Å². The van der Waals surface area contributed by atoms with E-state index in [0.29, 0.717) is 44.5 Å². The summed E-state index contributed by atoms with van der Waals surface area (Å²) in [6.45, 7) is 19.6. The van der Waals surface area contributed by atoms with Crippen molar-refractivity contribution in [3.8, 4) is 11.5 Å². The molecule has 14 nitrogen and oxygen atoms in total. The van der Waals surface area contributed by atoms with Crippen molar-refractivity contribution in [1.29, 1.82) is 0 Å². The molecule has 0 unspecified atom stereocenters. The molecule has 3 aliphatic rings. The summed E-state index contributed by atoms with van der Waals surface area (Å²) < 4.78 is 15.5. The molecule has 0 radical (unpaired) electrons. The molecule has 5 rings (SSSR count). The molecule has 3 heterocycles. The zero-order valence-corrected chi connectivity index (χ0v) is 34.8. The molecule has 3 N–H and O–H groups in total. The van der Waals surface area contributed by atoms with E-state index in [1.165, 1.54) is 12.5 Å². The fourth-order valence-corrected chi connectivity index (χ4v) is 6.92. The van der Waals surface area contributed by atoms with E-state index < -0.39 is 0 Å². The third-order valence-electron chi connectivity index (χ3n) is 9.86. The van der Waals surface area contributed by atoms with E-state index in [2.05, 4.69) is 10.2 Å². The number of rotatable bonds is 9. The van der Waals surface area contributed by atoms with Gasteiger partial charge >= 0.3 is 12.0 Å². The van der Waals surface area contributed by atoms with Crippen molar-refractivity contribution >= 4 is 30.0 Å². The predicted molar refractivity (Wildman–Crippen MR) is 217 cm³/mol. The third-order valence-corrected chi connectivity index (χ3v) is 9.86. The Morgan fingerprint density at radius 1 is 0.909 bits per heavy atom. The largest absolute Gasteiger partial charge is 0.497 e. The topological polar surface area (TPSA) is 150 Å². The van der Waals surface area contributed by atoms with Gasteiger partial charge in [0.2, 0.25) is 12.3 Å². The van der Waals surface area contributed by atoms with Gasteiger partial charge in [0, 0.05) is 90.8 Å². The molecule has 0 aliphatic carbocycles. The zero-order chi connectivity index (χ0) is 40.9. The zero-order valence-electron chi connectivity index (χ0n) is 34.8. The smallest absolute Gasteiger partial charge is 0.334 e. The lowest BCUT2D eigenvalue weighted by Gasteiger charge is -2.41. The summed E-state index contributed by atoms with van der Waals surface area (Å²) in [7, 11) is 3.55. The second-order valence-electron chi connectivity index (χ2n) is 13.6. The van der Waals surface area contributed by atoms with Gasteiger partial charge < -0.3 is 34.2 Å². The number of piperidine rings is 1. The SMILES string of the molecule is CC.CC(=O)Oc1c(C)cc(C)cc1C.CCN(C=O)C1CCN(C(=O)N(N)CC(=O)N2CCN(C3CCOCC3)CC2)CC1.CNc1ccc(OC)cc1. The predicted octanol–water partition coefficient (Wildman–Crippen LogP) is 4.85. The van der Waals surface area contributed by atoms with E-state index >= 15 is 0 Å². The normalized spacial score (nSPS) is 16.1. The van der Waals surface area contributed by atoms with Crippen LogP contribution in [0.15, 0.2) is 36.4 Å². The number of ether oxygens (including phenoxy) is 3. The molecule has 3 aliphatic heterocycles. The summed E-state index contributed by atoms with van der Waals surface area (Å²) in [6.07, 6.45) is 4.44. The molecule has 2 aromatic rings. The lowest BCUT2D eigenvalue weighted by Crippen LogP contribution is -2.57. The van der Waals surface area contributed by atoms with Crippen LogP contribution in [0.5, 0.6) is 11.5 Å². The van der Waals surface area contributed by atoms with Gasteiger partial charge in [-0.1, -0.05) is 31.5 Å². The Bertz CT molecular complexity index is 1410. The first-order chi connectivity index (χ1) is 26.4. The van der Waals surface area contributed by atoms with Gasteiger partial charge in [-0.15, -0.1) is 0 Å². The Balaban J connectivity index is 0.000000342. The van der Waals surface area contributed by atoms with Crippen molar-refractivity contribution < 1.29 is 33.4 Å². The number of hydrazine groups is 1. The summed E-state index contributed by atoms with van der Waals surface area (Å²) in [5.41, 5.74) is 4.30. The molecular weight excluding hydrogens is 702 g/mol. The number of amides is 4. The number of aryl methyl sites for hydroxylation is 3. The van der Waals surface area contributed by atoms with Crippen LogP contribution in [-0.4, -0.2) is 141 Å². The fourth-order valence-electron chi connectivity index (χ4n) is 6.92. The number of hydrogen-bond acceptors (Lipinski definition) is 10. The van der Waals surface area contributed by atoms with Crippen molar-refractivity contribution in [2.45, 2.75) is 86.2 Å². The molecule has 2 aromatic carbocycles. The number of nitrogens with zero attached hydrogens (tertiary/aromatic N) is 5. The number of carbonyl (C=O) groups is 4. The summed E-state index contributed by atoms with van der Waals surface area (Å²) >= 11 is 0. The van der Waals surface area contributed by atoms with Gasteiger partial charge in [-0.05, 0) is 88.8 Å². The van der Waals surface area contributed by atoms with Gasteiger partial charge in [0.15, 0.2) is 0 Å². The van der Waals surface area contributed by atoms with E-state index in [-0.39, 0.29) is 30.5 Å². The molecule has 14 heteroatoms. The average molecular weight is 770 g/mol. The first-order valence-electron chi connectivity index (χ1n) is 19.6. The van der Waals surface area contributed by atoms with Crippen LogP contribution in [0.25, 0.3) is 0 Å². The van der Waals surface area contributed by atoms with Gasteiger partial charge in [0.25, 0.3) is 0 Å².